The number of carbonyl (C=O) groups excluding carboxylic acids is 4. The molecule has 2 bridgehead atoms. The Bertz CT molecular complexity index is 2080. The van der Waals surface area contributed by atoms with Gasteiger partial charge in [-0.1, -0.05) is 86.7 Å². The zero-order chi connectivity index (χ0) is 40.9. The molecule has 3 unspecified atom stereocenters. The van der Waals surface area contributed by atoms with Crippen LogP contribution in [-0.4, -0.2) is 87.0 Å². The topological polar surface area (TPSA) is 189 Å². The highest BCUT2D eigenvalue weighted by atomic mass is 16.6. The second-order valence-electron chi connectivity index (χ2n) is 16.2. The Hall–Kier alpha value is -5.14. The third-order valence-electron chi connectivity index (χ3n) is 12.8. The number of hydrogen-bond acceptors (Lipinski definition) is 11. The number of carbonyl (C=O) groups is 4. The van der Waals surface area contributed by atoms with E-state index in [1.807, 2.05) is 0 Å². The summed E-state index contributed by atoms with van der Waals surface area (Å²) in [6.07, 6.45) is -4.58. The summed E-state index contributed by atoms with van der Waals surface area (Å²) in [7, 11) is 0. The summed E-state index contributed by atoms with van der Waals surface area (Å²) >= 11 is 0. The molecular formula is C45H49NO11. The lowest BCUT2D eigenvalue weighted by atomic mass is 9.50. The molecule has 12 nitrogen and oxygen atoms in total. The average Bonchev–Trinajstić information content (AvgIpc) is 3.94. The van der Waals surface area contributed by atoms with Crippen molar-refractivity contribution >= 4 is 23.8 Å². The van der Waals surface area contributed by atoms with Crippen LogP contribution in [0.2, 0.25) is 0 Å². The minimum absolute atomic E-state index is 0.215. The Labute approximate surface area is 331 Å². The largest absolute Gasteiger partial charge is 0.456 e. The van der Waals surface area contributed by atoms with Gasteiger partial charge < -0.3 is 40.0 Å². The quantitative estimate of drug-likeness (QED) is 0.112. The van der Waals surface area contributed by atoms with Crippen LogP contribution in [0.1, 0.15) is 79.3 Å². The van der Waals surface area contributed by atoms with Crippen molar-refractivity contribution in [3.05, 3.63) is 130 Å². The molecule has 4 aliphatic carbocycles. The number of rotatable bonds is 10. The Morgan fingerprint density at radius 2 is 1.46 bits per heavy atom. The molecule has 1 spiro atoms. The van der Waals surface area contributed by atoms with Crippen molar-refractivity contribution < 1.29 is 53.8 Å². The van der Waals surface area contributed by atoms with Gasteiger partial charge in [-0.05, 0) is 72.2 Å². The molecule has 0 aromatic heterocycles. The van der Waals surface area contributed by atoms with Gasteiger partial charge in [0.15, 0.2) is 6.10 Å². The first-order valence-electron chi connectivity index (χ1n) is 19.3. The summed E-state index contributed by atoms with van der Waals surface area (Å²) in [6, 6.07) is 23.8. The van der Waals surface area contributed by atoms with Gasteiger partial charge in [0.25, 0.3) is 5.91 Å². The van der Waals surface area contributed by atoms with Crippen LogP contribution in [-0.2, 0) is 23.8 Å². The Morgan fingerprint density at radius 3 is 2.05 bits per heavy atom. The van der Waals surface area contributed by atoms with Gasteiger partial charge in [-0.3, -0.25) is 9.59 Å². The molecule has 7 rings (SSSR count). The molecule has 1 amide bonds. The van der Waals surface area contributed by atoms with Gasteiger partial charge in [-0.25, -0.2) is 9.59 Å². The molecule has 10 atom stereocenters. The van der Waals surface area contributed by atoms with Crippen molar-refractivity contribution in [2.45, 2.75) is 89.1 Å². The Kier molecular flexibility index (Phi) is 10.8. The van der Waals surface area contributed by atoms with E-state index in [0.29, 0.717) is 40.7 Å². The van der Waals surface area contributed by atoms with Crippen LogP contribution >= 0.6 is 0 Å². The molecule has 3 aromatic rings. The zero-order valence-electron chi connectivity index (χ0n) is 32.3. The fourth-order valence-electron chi connectivity index (χ4n) is 9.77. The predicted octanol–water partition coefficient (Wildman–Crippen LogP) is 4.38. The lowest BCUT2D eigenvalue weighted by molar-refractivity contribution is -0.218. The van der Waals surface area contributed by atoms with E-state index in [-0.39, 0.29) is 18.6 Å². The highest BCUT2D eigenvalue weighted by Crippen LogP contribution is 2.69. The summed E-state index contributed by atoms with van der Waals surface area (Å²) in [6.45, 7) is 6.08. The van der Waals surface area contributed by atoms with Gasteiger partial charge in [0, 0.05) is 42.3 Å². The highest BCUT2D eigenvalue weighted by Gasteiger charge is 2.73. The molecule has 4 aliphatic rings. The normalized spacial score (nSPS) is 30.8. The van der Waals surface area contributed by atoms with Gasteiger partial charge >= 0.3 is 17.9 Å². The average molecular weight is 780 g/mol. The first-order chi connectivity index (χ1) is 27.1. The summed E-state index contributed by atoms with van der Waals surface area (Å²) in [5.41, 5.74) is -2.30. The van der Waals surface area contributed by atoms with E-state index in [2.05, 4.69) is 5.32 Å². The Balaban J connectivity index is 1.32. The second kappa shape index (κ2) is 15.3. The monoisotopic (exact) mass is 779 g/mol. The van der Waals surface area contributed by atoms with E-state index in [1.54, 1.807) is 118 Å². The number of nitrogens with one attached hydrogen (secondary N) is 1. The number of esters is 3. The first-order valence-corrected chi connectivity index (χ1v) is 19.3. The maximum absolute atomic E-state index is 14.2. The molecule has 12 heteroatoms. The van der Waals surface area contributed by atoms with Gasteiger partial charge in [-0.15, -0.1) is 0 Å². The zero-order valence-corrected chi connectivity index (χ0v) is 32.3. The molecule has 0 aliphatic heterocycles. The minimum atomic E-state index is -2.08. The summed E-state index contributed by atoms with van der Waals surface area (Å²) in [5, 5.41) is 50.5. The van der Waals surface area contributed by atoms with Crippen LogP contribution in [0.4, 0.5) is 0 Å². The van der Waals surface area contributed by atoms with Crippen LogP contribution in [0.15, 0.2) is 114 Å². The van der Waals surface area contributed by atoms with Crippen molar-refractivity contribution in [1.29, 1.82) is 0 Å². The van der Waals surface area contributed by atoms with E-state index < -0.39 is 88.6 Å². The van der Waals surface area contributed by atoms with Crippen LogP contribution in [0.25, 0.3) is 0 Å². The number of amides is 1. The van der Waals surface area contributed by atoms with E-state index in [4.69, 9.17) is 14.2 Å². The first kappa shape index (κ1) is 40.1. The third kappa shape index (κ3) is 6.88. The van der Waals surface area contributed by atoms with Crippen molar-refractivity contribution in [1.82, 2.24) is 5.32 Å². The predicted molar refractivity (Wildman–Crippen MR) is 206 cm³/mol. The number of aliphatic hydroxyl groups excluding tert-OH is 3. The van der Waals surface area contributed by atoms with E-state index in [9.17, 15) is 39.6 Å². The van der Waals surface area contributed by atoms with Gasteiger partial charge in [0.05, 0.1) is 17.7 Å². The number of fused-ring (bicyclic) bond motifs is 2. The summed E-state index contributed by atoms with van der Waals surface area (Å²) in [5.74, 6) is -4.47. The van der Waals surface area contributed by atoms with Crippen molar-refractivity contribution in [3.8, 4) is 0 Å². The standard InChI is InChI=1S/C45H49NO11/c1-25-32(56-42(53)37(50)36(27-14-8-5-9-15-27)46-40(51)28-16-10-6-11-17-28)23-45(54)39(57-41(52)29-18-12-7-13-19-29)35-30(24-47)20-21-33(49)44(35)22-31(44)38(55-26(2)48)34(25)43(45,3)4/h5-19,22,30,32-33,35-39,47,49-50,54H,20-21,23-24H2,1-4H3,(H,46,51)/t30?,32-,33-,35?,36?,37+,38-,39-,44+,45+/m0/s1. The summed E-state index contributed by atoms with van der Waals surface area (Å²) in [4.78, 5) is 54.4. The number of aliphatic hydroxyl groups is 4. The minimum Gasteiger partial charge on any atom is -0.456 e. The number of ether oxygens (including phenoxy) is 3. The van der Waals surface area contributed by atoms with Crippen molar-refractivity contribution in [2.75, 3.05) is 6.61 Å². The molecule has 5 N–H and O–H groups in total. The van der Waals surface area contributed by atoms with Crippen molar-refractivity contribution in [2.24, 2.45) is 22.7 Å². The maximum Gasteiger partial charge on any atom is 0.338 e. The summed E-state index contributed by atoms with van der Waals surface area (Å²) < 4.78 is 18.6. The molecule has 2 fully saturated rings. The molecule has 2 saturated carbocycles. The van der Waals surface area contributed by atoms with Gasteiger partial charge in [0.1, 0.15) is 23.9 Å². The van der Waals surface area contributed by atoms with Gasteiger partial charge in [-0.2, -0.15) is 0 Å². The molecule has 300 valence electrons. The maximum atomic E-state index is 14.2. The lowest BCUT2D eigenvalue weighted by Crippen LogP contribution is -2.68. The molecule has 0 saturated heterocycles. The molecule has 57 heavy (non-hydrogen) atoms. The fraction of sp³-hybridized carbons (Fsp3) is 0.422. The molecule has 0 radical (unpaired) electrons. The molecule has 0 heterocycles. The Morgan fingerprint density at radius 1 is 0.860 bits per heavy atom. The van der Waals surface area contributed by atoms with Crippen LogP contribution in [0.5, 0.6) is 0 Å². The van der Waals surface area contributed by atoms with E-state index in [0.717, 1.165) is 0 Å². The number of benzene rings is 3. The van der Waals surface area contributed by atoms with Crippen LogP contribution in [0, 0.1) is 22.7 Å². The second-order valence-corrected chi connectivity index (χ2v) is 16.2. The highest BCUT2D eigenvalue weighted by molar-refractivity contribution is 5.95. The number of hydrogen-bond donors (Lipinski definition) is 5. The molecule has 3 aromatic carbocycles. The smallest absolute Gasteiger partial charge is 0.338 e. The van der Waals surface area contributed by atoms with Gasteiger partial charge in [0.2, 0.25) is 0 Å². The molecular weight excluding hydrogens is 730 g/mol. The lowest BCUT2D eigenvalue weighted by Gasteiger charge is -2.60. The SMILES string of the molecule is CC(=O)O[C@H]1C2=C[C@@]23C(C(CO)CC[C@@H]3O)[C@H](OC(=O)c2ccccc2)[C@]2(O)C[C@H](OC(=O)[C@H](O)C(NC(=O)c3ccccc3)c3ccccc3)C(C)=C1C2(C)C. The van der Waals surface area contributed by atoms with E-state index in [1.165, 1.54) is 6.92 Å². The van der Waals surface area contributed by atoms with Crippen LogP contribution < -0.4 is 5.32 Å². The van der Waals surface area contributed by atoms with E-state index >= 15 is 0 Å². The van der Waals surface area contributed by atoms with Crippen molar-refractivity contribution in [3.63, 3.8) is 0 Å². The third-order valence-corrected chi connectivity index (χ3v) is 12.8. The fourth-order valence-corrected chi connectivity index (χ4v) is 9.77. The van der Waals surface area contributed by atoms with Crippen LogP contribution in [0.3, 0.4) is 0 Å².